The number of carbonyl (C=O) groups is 3. The first-order valence-corrected chi connectivity index (χ1v) is 8.94. The molecular weight excluding hydrogens is 390 g/mol. The molecule has 156 valence electrons. The van der Waals surface area contributed by atoms with Gasteiger partial charge in [-0.25, -0.2) is 4.79 Å². The van der Waals surface area contributed by atoms with Crippen molar-refractivity contribution in [2.45, 2.75) is 20.8 Å². The first kappa shape index (κ1) is 22.3. The van der Waals surface area contributed by atoms with E-state index in [9.17, 15) is 24.5 Å². The van der Waals surface area contributed by atoms with Crippen molar-refractivity contribution in [3.8, 4) is 0 Å². The zero-order valence-electron chi connectivity index (χ0n) is 16.7. The van der Waals surface area contributed by atoms with E-state index in [1.165, 1.54) is 25.1 Å². The lowest BCUT2D eigenvalue weighted by Gasteiger charge is -2.11. The third-order valence-corrected chi connectivity index (χ3v) is 4.06. The monoisotopic (exact) mass is 411 g/mol. The van der Waals surface area contributed by atoms with Gasteiger partial charge in [-0.3, -0.25) is 19.7 Å². The summed E-state index contributed by atoms with van der Waals surface area (Å²) in [6.07, 6.45) is 1.41. The molecule has 0 saturated carbocycles. The number of amides is 2. The fourth-order valence-corrected chi connectivity index (χ4v) is 2.50. The highest BCUT2D eigenvalue weighted by Gasteiger charge is 2.19. The highest BCUT2D eigenvalue weighted by molar-refractivity contribution is 6.00. The molecular formula is C21H21N3O6. The number of nitrogens with zero attached hydrogens (tertiary/aromatic N) is 1. The number of hydrogen-bond acceptors (Lipinski definition) is 6. The van der Waals surface area contributed by atoms with Gasteiger partial charge in [-0.05, 0) is 42.7 Å². The van der Waals surface area contributed by atoms with Gasteiger partial charge in [-0.15, -0.1) is 0 Å². The van der Waals surface area contributed by atoms with E-state index in [-0.39, 0.29) is 17.1 Å². The van der Waals surface area contributed by atoms with E-state index in [1.54, 1.807) is 44.2 Å². The van der Waals surface area contributed by atoms with Gasteiger partial charge in [-0.2, -0.15) is 0 Å². The third-order valence-electron chi connectivity index (χ3n) is 4.06. The Morgan fingerprint density at radius 3 is 2.33 bits per heavy atom. The van der Waals surface area contributed by atoms with E-state index < -0.39 is 29.3 Å². The first-order valence-electron chi connectivity index (χ1n) is 8.94. The minimum atomic E-state index is -0.918. The summed E-state index contributed by atoms with van der Waals surface area (Å²) >= 11 is 0. The number of ether oxygens (including phenoxy) is 1. The van der Waals surface area contributed by atoms with Gasteiger partial charge in [0, 0.05) is 13.0 Å². The van der Waals surface area contributed by atoms with Crippen molar-refractivity contribution < 1.29 is 24.0 Å². The minimum absolute atomic E-state index is 0.00561. The lowest BCUT2D eigenvalue weighted by atomic mass is 10.1. The maximum absolute atomic E-state index is 12.3. The molecule has 30 heavy (non-hydrogen) atoms. The molecule has 0 unspecified atom stereocenters. The maximum atomic E-state index is 12.3. The predicted molar refractivity (Wildman–Crippen MR) is 110 cm³/mol. The van der Waals surface area contributed by atoms with Gasteiger partial charge in [0.15, 0.2) is 6.61 Å². The van der Waals surface area contributed by atoms with Crippen LogP contribution in [0.4, 0.5) is 11.4 Å². The molecule has 0 fully saturated rings. The Kier molecular flexibility index (Phi) is 7.40. The fourth-order valence-electron chi connectivity index (χ4n) is 2.50. The summed E-state index contributed by atoms with van der Waals surface area (Å²) in [7, 11) is 0. The highest BCUT2D eigenvalue weighted by Crippen LogP contribution is 2.27. The van der Waals surface area contributed by atoms with Gasteiger partial charge in [0.25, 0.3) is 11.6 Å². The van der Waals surface area contributed by atoms with Crippen LogP contribution in [0.2, 0.25) is 0 Å². The molecule has 2 N–H and O–H groups in total. The van der Waals surface area contributed by atoms with Crippen molar-refractivity contribution in [3.05, 3.63) is 75.0 Å². The summed E-state index contributed by atoms with van der Waals surface area (Å²) in [5.74, 6) is -2.15. The van der Waals surface area contributed by atoms with E-state index in [0.29, 0.717) is 11.1 Å². The molecule has 0 aliphatic heterocycles. The number of aryl methyl sites for hydroxylation is 2. The van der Waals surface area contributed by atoms with Crippen molar-refractivity contribution in [2.24, 2.45) is 0 Å². The lowest BCUT2D eigenvalue weighted by molar-refractivity contribution is -0.384. The Morgan fingerprint density at radius 2 is 1.73 bits per heavy atom. The van der Waals surface area contributed by atoms with Crippen LogP contribution < -0.4 is 10.6 Å². The standard InChI is InChI=1S/C21H21N3O6/c1-13-9-17(19(24(28)29)10-14(13)2)23-20(26)12-30-21(27)18(22-15(3)25)11-16-7-5-4-6-8-16/h4-11H,12H2,1-3H3,(H,22,25)(H,23,26)/b18-11-. The number of nitro benzene ring substituents is 1. The first-order chi connectivity index (χ1) is 14.2. The van der Waals surface area contributed by atoms with Gasteiger partial charge in [0.2, 0.25) is 5.91 Å². The fraction of sp³-hybridized carbons (Fsp3) is 0.190. The summed E-state index contributed by atoms with van der Waals surface area (Å²) in [6.45, 7) is 4.02. The second-order valence-electron chi connectivity index (χ2n) is 6.48. The van der Waals surface area contributed by atoms with Crippen LogP contribution in [0.1, 0.15) is 23.6 Å². The SMILES string of the molecule is CC(=O)N/C(=C\c1ccccc1)C(=O)OCC(=O)Nc1cc(C)c(C)cc1[N+](=O)[O-]. The highest BCUT2D eigenvalue weighted by atomic mass is 16.6. The largest absolute Gasteiger partial charge is 0.451 e. The topological polar surface area (TPSA) is 128 Å². The predicted octanol–water partition coefficient (Wildman–Crippen LogP) is 2.87. The van der Waals surface area contributed by atoms with Crippen molar-refractivity contribution in [2.75, 3.05) is 11.9 Å². The average Bonchev–Trinajstić information content (AvgIpc) is 2.68. The number of esters is 1. The molecule has 9 heteroatoms. The molecule has 2 aromatic carbocycles. The zero-order valence-corrected chi connectivity index (χ0v) is 16.7. The maximum Gasteiger partial charge on any atom is 0.355 e. The Morgan fingerprint density at radius 1 is 1.10 bits per heavy atom. The number of anilines is 1. The van der Waals surface area contributed by atoms with Crippen LogP contribution in [0.15, 0.2) is 48.2 Å². The molecule has 0 aliphatic rings. The molecule has 0 bridgehead atoms. The van der Waals surface area contributed by atoms with Crippen LogP contribution in [0.5, 0.6) is 0 Å². The Bertz CT molecular complexity index is 1010. The molecule has 0 saturated heterocycles. The Labute approximate surface area is 172 Å². The van der Waals surface area contributed by atoms with Crippen LogP contribution in [0.3, 0.4) is 0 Å². The van der Waals surface area contributed by atoms with Crippen molar-refractivity contribution in [3.63, 3.8) is 0 Å². The number of benzene rings is 2. The molecule has 0 aromatic heterocycles. The Balaban J connectivity index is 2.10. The normalized spacial score (nSPS) is 10.8. The zero-order chi connectivity index (χ0) is 22.3. The molecule has 2 rings (SSSR count). The molecule has 2 aromatic rings. The molecule has 0 heterocycles. The summed E-state index contributed by atoms with van der Waals surface area (Å²) in [6, 6.07) is 11.6. The van der Waals surface area contributed by atoms with E-state index in [0.717, 1.165) is 5.56 Å². The number of nitro groups is 1. The average molecular weight is 411 g/mol. The summed E-state index contributed by atoms with van der Waals surface area (Å²) < 4.78 is 4.96. The smallest absolute Gasteiger partial charge is 0.355 e. The van der Waals surface area contributed by atoms with E-state index in [2.05, 4.69) is 10.6 Å². The number of rotatable bonds is 7. The van der Waals surface area contributed by atoms with Crippen molar-refractivity contribution in [1.29, 1.82) is 0 Å². The summed E-state index contributed by atoms with van der Waals surface area (Å²) in [4.78, 5) is 46.5. The van der Waals surface area contributed by atoms with Crippen molar-refractivity contribution in [1.82, 2.24) is 5.32 Å². The van der Waals surface area contributed by atoms with Gasteiger partial charge in [0.1, 0.15) is 11.4 Å². The van der Waals surface area contributed by atoms with Gasteiger partial charge in [0.05, 0.1) is 4.92 Å². The molecule has 2 amide bonds. The summed E-state index contributed by atoms with van der Waals surface area (Å²) in [5, 5.41) is 16.0. The minimum Gasteiger partial charge on any atom is -0.451 e. The van der Waals surface area contributed by atoms with Crippen LogP contribution in [-0.4, -0.2) is 29.3 Å². The number of nitrogens with one attached hydrogen (secondary N) is 2. The van der Waals surface area contributed by atoms with Gasteiger partial charge < -0.3 is 15.4 Å². The molecule has 0 atom stereocenters. The van der Waals surface area contributed by atoms with E-state index in [1.807, 2.05) is 0 Å². The summed E-state index contributed by atoms with van der Waals surface area (Å²) in [5.41, 5.74) is 1.71. The molecule has 0 spiro atoms. The van der Waals surface area contributed by atoms with Crippen LogP contribution in [0.25, 0.3) is 6.08 Å². The van der Waals surface area contributed by atoms with Crippen LogP contribution >= 0.6 is 0 Å². The molecule has 0 radical (unpaired) electrons. The molecule has 9 nitrogen and oxygen atoms in total. The second-order valence-corrected chi connectivity index (χ2v) is 6.48. The number of carbonyl (C=O) groups excluding carboxylic acids is 3. The molecule has 0 aliphatic carbocycles. The van der Waals surface area contributed by atoms with E-state index >= 15 is 0 Å². The third kappa shape index (κ3) is 6.26. The van der Waals surface area contributed by atoms with Gasteiger partial charge >= 0.3 is 5.97 Å². The van der Waals surface area contributed by atoms with Crippen LogP contribution in [0, 0.1) is 24.0 Å². The van der Waals surface area contributed by atoms with E-state index in [4.69, 9.17) is 4.74 Å². The second kappa shape index (κ2) is 9.97. The number of hydrogen-bond donors (Lipinski definition) is 2. The van der Waals surface area contributed by atoms with Crippen molar-refractivity contribution >= 4 is 35.2 Å². The lowest BCUT2D eigenvalue weighted by Crippen LogP contribution is -2.29. The van der Waals surface area contributed by atoms with Crippen LogP contribution in [-0.2, 0) is 19.1 Å². The Hall–Kier alpha value is -4.01. The van der Waals surface area contributed by atoms with Gasteiger partial charge in [-0.1, -0.05) is 30.3 Å². The quantitative estimate of drug-likeness (QED) is 0.312.